The first kappa shape index (κ1) is 22.0. The molecule has 1 unspecified atom stereocenters. The van der Waals surface area contributed by atoms with Gasteiger partial charge < -0.3 is 5.32 Å². The Kier molecular flexibility index (Phi) is 6.62. The van der Waals surface area contributed by atoms with Crippen LogP contribution in [-0.4, -0.2) is 20.6 Å². The molecule has 1 N–H and O–H groups in total. The molecule has 0 spiro atoms. The van der Waals surface area contributed by atoms with E-state index in [9.17, 15) is 14.9 Å². The van der Waals surface area contributed by atoms with Crippen LogP contribution < -0.4 is 5.32 Å². The van der Waals surface area contributed by atoms with Crippen LogP contribution in [0.5, 0.6) is 0 Å². The van der Waals surface area contributed by atoms with Crippen LogP contribution in [-0.2, 0) is 4.79 Å². The summed E-state index contributed by atoms with van der Waals surface area (Å²) in [5.41, 5.74) is 3.06. The maximum absolute atomic E-state index is 12.8. The summed E-state index contributed by atoms with van der Waals surface area (Å²) in [7, 11) is 0. The number of aromatic nitrogens is 2. The van der Waals surface area contributed by atoms with E-state index < -0.39 is 11.0 Å². The van der Waals surface area contributed by atoms with Gasteiger partial charge in [-0.05, 0) is 61.8 Å². The molecular formula is C21H21BrN4O3S. The topological polar surface area (TPSA) is 90.1 Å². The number of hydrogen-bond donors (Lipinski definition) is 1. The fraction of sp³-hybridized carbons (Fsp3) is 0.238. The quantitative estimate of drug-likeness (QED) is 0.348. The van der Waals surface area contributed by atoms with Crippen molar-refractivity contribution in [1.29, 1.82) is 0 Å². The van der Waals surface area contributed by atoms with Gasteiger partial charge in [0.15, 0.2) is 0 Å². The summed E-state index contributed by atoms with van der Waals surface area (Å²) in [5, 5.41) is 18.6. The van der Waals surface area contributed by atoms with E-state index in [1.165, 1.54) is 23.9 Å². The molecule has 0 aliphatic heterocycles. The predicted octanol–water partition coefficient (Wildman–Crippen LogP) is 5.83. The summed E-state index contributed by atoms with van der Waals surface area (Å²) in [6.07, 6.45) is 0. The number of nitro groups is 1. The molecule has 9 heteroatoms. The number of rotatable bonds is 6. The Balaban J connectivity index is 1.86. The summed E-state index contributed by atoms with van der Waals surface area (Å²) in [6, 6.07) is 11.9. The first-order valence-corrected chi connectivity index (χ1v) is 10.8. The van der Waals surface area contributed by atoms with Gasteiger partial charge in [-0.2, -0.15) is 5.10 Å². The number of halogens is 1. The highest BCUT2D eigenvalue weighted by atomic mass is 79.9. The number of nitrogens with one attached hydrogen (secondary N) is 1. The lowest BCUT2D eigenvalue weighted by molar-refractivity contribution is -0.385. The van der Waals surface area contributed by atoms with Gasteiger partial charge >= 0.3 is 0 Å². The van der Waals surface area contributed by atoms with E-state index in [1.807, 2.05) is 45.0 Å². The van der Waals surface area contributed by atoms with Crippen LogP contribution in [0.3, 0.4) is 0 Å². The van der Waals surface area contributed by atoms with E-state index in [0.717, 1.165) is 26.3 Å². The second kappa shape index (κ2) is 9.01. The third-order valence-corrected chi connectivity index (χ3v) is 6.74. The molecule has 3 rings (SSSR count). The van der Waals surface area contributed by atoms with Crippen LogP contribution in [0.1, 0.15) is 29.9 Å². The largest absolute Gasteiger partial charge is 0.324 e. The van der Waals surface area contributed by atoms with Gasteiger partial charge in [0.1, 0.15) is 6.04 Å². The summed E-state index contributed by atoms with van der Waals surface area (Å²) < 4.78 is 2.49. The number of nitro benzene ring substituents is 1. The third-order valence-electron chi connectivity index (χ3n) is 4.61. The number of hydrogen-bond acceptors (Lipinski definition) is 5. The molecule has 0 saturated carbocycles. The van der Waals surface area contributed by atoms with Crippen molar-refractivity contribution >= 4 is 45.0 Å². The van der Waals surface area contributed by atoms with Gasteiger partial charge in [0.2, 0.25) is 5.91 Å². The zero-order chi connectivity index (χ0) is 22.0. The molecule has 156 valence electrons. The van der Waals surface area contributed by atoms with Crippen molar-refractivity contribution in [2.75, 3.05) is 5.32 Å². The second-order valence-corrected chi connectivity index (χ2v) is 8.92. The molecule has 0 aliphatic carbocycles. The number of aryl methyl sites for hydroxylation is 2. The van der Waals surface area contributed by atoms with E-state index in [2.05, 4.69) is 26.3 Å². The van der Waals surface area contributed by atoms with Crippen LogP contribution in [0.15, 0.2) is 56.7 Å². The molecule has 7 nitrogen and oxygen atoms in total. The Morgan fingerprint density at radius 2 is 1.83 bits per heavy atom. The fourth-order valence-electron chi connectivity index (χ4n) is 2.94. The molecule has 1 aromatic heterocycles. The minimum Gasteiger partial charge on any atom is -0.324 e. The third kappa shape index (κ3) is 4.91. The molecule has 0 bridgehead atoms. The van der Waals surface area contributed by atoms with Crippen molar-refractivity contribution in [3.8, 4) is 0 Å². The van der Waals surface area contributed by atoms with E-state index >= 15 is 0 Å². The highest BCUT2D eigenvalue weighted by Gasteiger charge is 2.21. The number of amides is 1. The average molecular weight is 489 g/mol. The molecule has 0 aliphatic rings. The average Bonchev–Trinajstić information content (AvgIpc) is 2.96. The molecule has 0 saturated heterocycles. The van der Waals surface area contributed by atoms with Gasteiger partial charge in [0, 0.05) is 27.6 Å². The summed E-state index contributed by atoms with van der Waals surface area (Å²) in [6.45, 7) is 7.46. The second-order valence-electron chi connectivity index (χ2n) is 6.98. The first-order valence-electron chi connectivity index (χ1n) is 9.21. The van der Waals surface area contributed by atoms with Crippen molar-refractivity contribution in [2.24, 2.45) is 0 Å². The zero-order valence-corrected chi connectivity index (χ0v) is 19.4. The van der Waals surface area contributed by atoms with Crippen LogP contribution in [0.25, 0.3) is 0 Å². The molecule has 3 aromatic rings. The molecule has 0 radical (unpaired) electrons. The van der Waals surface area contributed by atoms with Crippen LogP contribution >= 0.6 is 27.7 Å². The Hall–Kier alpha value is -2.65. The van der Waals surface area contributed by atoms with Crippen LogP contribution in [0, 0.1) is 30.9 Å². The summed E-state index contributed by atoms with van der Waals surface area (Å²) in [4.78, 5) is 25.4. The van der Waals surface area contributed by atoms with Gasteiger partial charge in [0.25, 0.3) is 5.69 Å². The summed E-state index contributed by atoms with van der Waals surface area (Å²) >= 11 is 4.86. The molecule has 1 heterocycles. The van der Waals surface area contributed by atoms with Crippen molar-refractivity contribution in [3.05, 3.63) is 74.0 Å². The predicted molar refractivity (Wildman–Crippen MR) is 121 cm³/mol. The van der Waals surface area contributed by atoms with Crippen molar-refractivity contribution in [3.63, 3.8) is 0 Å². The first-order chi connectivity index (χ1) is 14.2. The van der Waals surface area contributed by atoms with Gasteiger partial charge in [-0.1, -0.05) is 29.5 Å². The lowest BCUT2D eigenvalue weighted by Gasteiger charge is -2.15. The standard InChI is InChI=1S/C21H21BrN4O3S/c1-12-5-7-18(8-6-12)30-19-10-16(9-17(11-19)26(28)29)23-21(27)15(4)25-14(3)20(22)13(2)24-25/h5-11,15H,1-4H3,(H,23,27). The lowest BCUT2D eigenvalue weighted by Crippen LogP contribution is -2.25. The normalized spacial score (nSPS) is 11.9. The number of non-ortho nitro benzene ring substituents is 1. The van der Waals surface area contributed by atoms with Gasteiger partial charge in [0.05, 0.1) is 20.8 Å². The van der Waals surface area contributed by atoms with Gasteiger partial charge in [-0.15, -0.1) is 0 Å². The van der Waals surface area contributed by atoms with E-state index in [0.29, 0.717) is 10.6 Å². The summed E-state index contributed by atoms with van der Waals surface area (Å²) in [5.74, 6) is -0.306. The van der Waals surface area contributed by atoms with Gasteiger partial charge in [-0.25, -0.2) is 0 Å². The van der Waals surface area contributed by atoms with Crippen LogP contribution in [0.4, 0.5) is 11.4 Å². The SMILES string of the molecule is Cc1ccc(Sc2cc(NC(=O)C(C)n3nc(C)c(Br)c3C)cc([N+](=O)[O-])c2)cc1. The number of nitrogens with zero attached hydrogens (tertiary/aromatic N) is 3. The van der Waals surface area contributed by atoms with Crippen LogP contribution in [0.2, 0.25) is 0 Å². The van der Waals surface area contributed by atoms with E-state index in [-0.39, 0.29) is 11.6 Å². The highest BCUT2D eigenvalue weighted by Crippen LogP contribution is 2.33. The molecule has 30 heavy (non-hydrogen) atoms. The minimum absolute atomic E-state index is 0.0797. The molecule has 1 amide bonds. The van der Waals surface area contributed by atoms with Crippen molar-refractivity contribution in [1.82, 2.24) is 9.78 Å². The number of carbonyl (C=O) groups is 1. The van der Waals surface area contributed by atoms with E-state index in [1.54, 1.807) is 17.7 Å². The molecule has 0 fully saturated rings. The lowest BCUT2D eigenvalue weighted by atomic mass is 10.2. The molecule has 2 aromatic carbocycles. The highest BCUT2D eigenvalue weighted by molar-refractivity contribution is 9.10. The van der Waals surface area contributed by atoms with Gasteiger partial charge in [-0.3, -0.25) is 19.6 Å². The maximum atomic E-state index is 12.8. The Bertz CT molecular complexity index is 1110. The van der Waals surface area contributed by atoms with Crippen molar-refractivity contribution < 1.29 is 9.72 Å². The minimum atomic E-state index is -0.581. The maximum Gasteiger partial charge on any atom is 0.272 e. The number of anilines is 1. The van der Waals surface area contributed by atoms with Crippen molar-refractivity contribution in [2.45, 2.75) is 43.5 Å². The molecular weight excluding hydrogens is 468 g/mol. The zero-order valence-electron chi connectivity index (χ0n) is 17.0. The Labute approximate surface area is 187 Å². The monoisotopic (exact) mass is 488 g/mol. The Morgan fingerprint density at radius 1 is 1.17 bits per heavy atom. The van der Waals surface area contributed by atoms with E-state index in [4.69, 9.17) is 0 Å². The Morgan fingerprint density at radius 3 is 2.40 bits per heavy atom. The molecule has 1 atom stereocenters. The fourth-order valence-corrected chi connectivity index (χ4v) is 4.11. The number of carbonyl (C=O) groups excluding carboxylic acids is 1. The number of benzene rings is 2. The smallest absolute Gasteiger partial charge is 0.272 e.